The van der Waals surface area contributed by atoms with E-state index in [4.69, 9.17) is 0 Å². The molecule has 5 nitrogen and oxygen atoms in total. The first-order valence-corrected chi connectivity index (χ1v) is 7.23. The average Bonchev–Trinajstić information content (AvgIpc) is 2.66. The summed E-state index contributed by atoms with van der Waals surface area (Å²) in [6, 6.07) is 8.24. The van der Waals surface area contributed by atoms with E-state index in [0.717, 1.165) is 47.1 Å². The van der Waals surface area contributed by atoms with E-state index in [-0.39, 0.29) is 6.61 Å². The van der Waals surface area contributed by atoms with Gasteiger partial charge >= 0.3 is 0 Å². The Balaban J connectivity index is 2.19. The second kappa shape index (κ2) is 5.69. The molecule has 0 spiro atoms. The number of fused-ring (bicyclic) bond motifs is 3. The zero-order chi connectivity index (χ0) is 14.8. The van der Waals surface area contributed by atoms with Crippen LogP contribution in [-0.2, 0) is 6.42 Å². The highest BCUT2D eigenvalue weighted by Gasteiger charge is 2.21. The van der Waals surface area contributed by atoms with Gasteiger partial charge in [0.25, 0.3) is 0 Å². The van der Waals surface area contributed by atoms with Crippen LogP contribution in [0.25, 0.3) is 11.3 Å². The van der Waals surface area contributed by atoms with Crippen LogP contribution in [0.4, 0.5) is 11.5 Å². The summed E-state index contributed by atoms with van der Waals surface area (Å²) in [6.45, 7) is 3.45. The summed E-state index contributed by atoms with van der Waals surface area (Å²) < 4.78 is 0. The van der Waals surface area contributed by atoms with Gasteiger partial charge in [-0.3, -0.25) is 0 Å². The molecule has 2 N–H and O–H groups in total. The van der Waals surface area contributed by atoms with Crippen LogP contribution in [0.2, 0.25) is 0 Å². The van der Waals surface area contributed by atoms with Crippen molar-refractivity contribution in [2.24, 2.45) is 0 Å². The molecular weight excluding hydrogens is 264 g/mol. The number of rotatable bonds is 3. The molecule has 1 aromatic carbocycles. The number of aliphatic hydroxyl groups is 1. The van der Waals surface area contributed by atoms with Crippen molar-refractivity contribution in [3.63, 3.8) is 0 Å². The zero-order valence-corrected chi connectivity index (χ0v) is 12.4. The Hall–Kier alpha value is -2.14. The van der Waals surface area contributed by atoms with Crippen molar-refractivity contribution in [1.82, 2.24) is 9.97 Å². The molecule has 0 unspecified atom stereocenters. The van der Waals surface area contributed by atoms with Gasteiger partial charge in [0.15, 0.2) is 0 Å². The summed E-state index contributed by atoms with van der Waals surface area (Å²) >= 11 is 0. The van der Waals surface area contributed by atoms with Gasteiger partial charge in [0.2, 0.25) is 0 Å². The minimum Gasteiger partial charge on any atom is -0.395 e. The van der Waals surface area contributed by atoms with Gasteiger partial charge in [-0.05, 0) is 19.4 Å². The lowest BCUT2D eigenvalue weighted by molar-refractivity contribution is 0.303. The minimum absolute atomic E-state index is 0.114. The quantitative estimate of drug-likeness (QED) is 0.900. The summed E-state index contributed by atoms with van der Waals surface area (Å²) in [7, 11) is 1.96. The second-order valence-electron chi connectivity index (χ2n) is 5.29. The van der Waals surface area contributed by atoms with Crippen LogP contribution in [0.15, 0.2) is 24.3 Å². The average molecular weight is 284 g/mol. The molecule has 0 atom stereocenters. The Morgan fingerprint density at radius 1 is 1.29 bits per heavy atom. The molecular formula is C16H20N4O. The van der Waals surface area contributed by atoms with Crippen LogP contribution in [0.3, 0.4) is 0 Å². The molecule has 5 heteroatoms. The number of benzene rings is 1. The van der Waals surface area contributed by atoms with Gasteiger partial charge in [-0.15, -0.1) is 0 Å². The first-order chi connectivity index (χ1) is 10.2. The first kappa shape index (κ1) is 13.8. The van der Waals surface area contributed by atoms with Crippen molar-refractivity contribution < 1.29 is 5.11 Å². The van der Waals surface area contributed by atoms with E-state index in [9.17, 15) is 5.11 Å². The summed E-state index contributed by atoms with van der Waals surface area (Å²) in [5.74, 6) is 1.68. The van der Waals surface area contributed by atoms with Gasteiger partial charge in [-0.25, -0.2) is 9.97 Å². The van der Waals surface area contributed by atoms with Gasteiger partial charge in [0.05, 0.1) is 12.3 Å². The van der Waals surface area contributed by atoms with Crippen molar-refractivity contribution in [3.05, 3.63) is 35.7 Å². The standard InChI is InChI=1S/C16H20N4O/c1-11-18-15-12-5-3-4-6-14(12)17-8-7-13(15)16(19-11)20(2)9-10-21/h3-6,17,21H,7-10H2,1-2H3. The maximum atomic E-state index is 9.19. The first-order valence-electron chi connectivity index (χ1n) is 7.23. The van der Waals surface area contributed by atoms with E-state index in [2.05, 4.69) is 27.4 Å². The molecule has 0 bridgehead atoms. The number of aryl methyl sites for hydroxylation is 1. The fourth-order valence-electron chi connectivity index (χ4n) is 2.77. The van der Waals surface area contributed by atoms with Gasteiger partial charge in [0.1, 0.15) is 11.6 Å². The Kier molecular flexibility index (Phi) is 3.75. The minimum atomic E-state index is 0.114. The number of para-hydroxylation sites is 1. The van der Waals surface area contributed by atoms with Gasteiger partial charge in [-0.2, -0.15) is 0 Å². The Morgan fingerprint density at radius 3 is 2.90 bits per heavy atom. The van der Waals surface area contributed by atoms with E-state index in [0.29, 0.717) is 6.54 Å². The SMILES string of the molecule is Cc1nc2c(c(N(C)CCO)n1)CCNc1ccccc1-2. The Morgan fingerprint density at radius 2 is 2.10 bits per heavy atom. The number of nitrogens with zero attached hydrogens (tertiary/aromatic N) is 3. The number of anilines is 2. The predicted octanol–water partition coefficient (Wildman–Crippen LogP) is 1.85. The van der Waals surface area contributed by atoms with E-state index in [1.165, 1.54) is 0 Å². The largest absolute Gasteiger partial charge is 0.395 e. The molecule has 1 aromatic heterocycles. The lowest BCUT2D eigenvalue weighted by Gasteiger charge is -2.21. The predicted molar refractivity (Wildman–Crippen MR) is 84.8 cm³/mol. The number of aliphatic hydroxyl groups excluding tert-OH is 1. The number of nitrogens with one attached hydrogen (secondary N) is 1. The van der Waals surface area contributed by atoms with Crippen molar-refractivity contribution in [2.45, 2.75) is 13.3 Å². The molecule has 1 aliphatic heterocycles. The number of hydrogen-bond donors (Lipinski definition) is 2. The van der Waals surface area contributed by atoms with Gasteiger partial charge in [-0.1, -0.05) is 18.2 Å². The fourth-order valence-corrected chi connectivity index (χ4v) is 2.77. The molecule has 3 rings (SSSR count). The fraction of sp³-hybridized carbons (Fsp3) is 0.375. The highest BCUT2D eigenvalue weighted by molar-refractivity contribution is 5.81. The third kappa shape index (κ3) is 2.56. The summed E-state index contributed by atoms with van der Waals surface area (Å²) in [5, 5.41) is 12.6. The molecule has 2 aromatic rings. The van der Waals surface area contributed by atoms with Crippen molar-refractivity contribution in [1.29, 1.82) is 0 Å². The molecule has 0 aliphatic carbocycles. The lowest BCUT2D eigenvalue weighted by Crippen LogP contribution is -2.25. The number of hydrogen-bond acceptors (Lipinski definition) is 5. The summed E-state index contributed by atoms with van der Waals surface area (Å²) in [4.78, 5) is 11.3. The molecule has 0 amide bonds. The molecule has 0 radical (unpaired) electrons. The Bertz CT molecular complexity index is 657. The smallest absolute Gasteiger partial charge is 0.136 e. The highest BCUT2D eigenvalue weighted by atomic mass is 16.3. The number of likely N-dealkylation sites (N-methyl/N-ethyl adjacent to an activating group) is 1. The van der Waals surface area contributed by atoms with Crippen molar-refractivity contribution >= 4 is 11.5 Å². The summed E-state index contributed by atoms with van der Waals surface area (Å²) in [6.07, 6.45) is 0.870. The van der Waals surface area contributed by atoms with Crippen LogP contribution in [0.5, 0.6) is 0 Å². The van der Waals surface area contributed by atoms with Crippen LogP contribution >= 0.6 is 0 Å². The zero-order valence-electron chi connectivity index (χ0n) is 12.4. The van der Waals surface area contributed by atoms with Gasteiger partial charge < -0.3 is 15.3 Å². The maximum Gasteiger partial charge on any atom is 0.136 e. The highest BCUT2D eigenvalue weighted by Crippen LogP contribution is 2.35. The van der Waals surface area contributed by atoms with Crippen LogP contribution in [-0.4, -0.2) is 41.8 Å². The molecule has 0 saturated heterocycles. The van der Waals surface area contributed by atoms with Crippen LogP contribution < -0.4 is 10.2 Å². The normalized spacial score (nSPS) is 12.9. The third-order valence-corrected chi connectivity index (χ3v) is 3.77. The summed E-state index contributed by atoms with van der Waals surface area (Å²) in [5.41, 5.74) is 4.39. The maximum absolute atomic E-state index is 9.19. The number of aromatic nitrogens is 2. The van der Waals surface area contributed by atoms with Crippen LogP contribution in [0.1, 0.15) is 11.4 Å². The van der Waals surface area contributed by atoms with Crippen molar-refractivity contribution in [2.75, 3.05) is 37.0 Å². The van der Waals surface area contributed by atoms with E-state index in [1.807, 2.05) is 31.0 Å². The van der Waals surface area contributed by atoms with E-state index < -0.39 is 0 Å². The molecule has 110 valence electrons. The Labute approximate surface area is 124 Å². The second-order valence-corrected chi connectivity index (χ2v) is 5.29. The molecule has 0 fully saturated rings. The topological polar surface area (TPSA) is 61.3 Å². The van der Waals surface area contributed by atoms with Gasteiger partial charge in [0, 0.05) is 37.0 Å². The lowest BCUT2D eigenvalue weighted by atomic mass is 10.0. The monoisotopic (exact) mass is 284 g/mol. The van der Waals surface area contributed by atoms with E-state index >= 15 is 0 Å². The molecule has 0 saturated carbocycles. The molecule has 21 heavy (non-hydrogen) atoms. The van der Waals surface area contributed by atoms with E-state index in [1.54, 1.807) is 0 Å². The molecule has 1 aliphatic rings. The van der Waals surface area contributed by atoms with Crippen LogP contribution in [0, 0.1) is 6.92 Å². The molecule has 2 heterocycles. The third-order valence-electron chi connectivity index (χ3n) is 3.77. The van der Waals surface area contributed by atoms with Crippen molar-refractivity contribution in [3.8, 4) is 11.3 Å².